The first-order valence-electron chi connectivity index (χ1n) is 25.4. The Labute approximate surface area is 346 Å². The minimum Gasteiger partial charge on any atom is -0.394 e. The number of aliphatic hydroxyl groups is 2. The van der Waals surface area contributed by atoms with Crippen LogP contribution in [0.1, 0.15) is 290 Å². The van der Waals surface area contributed by atoms with E-state index in [4.69, 9.17) is 0 Å². The van der Waals surface area contributed by atoms with Gasteiger partial charge in [0.2, 0.25) is 5.91 Å². The van der Waals surface area contributed by atoms with Crippen molar-refractivity contribution in [3.8, 4) is 0 Å². The molecule has 0 saturated carbocycles. The van der Waals surface area contributed by atoms with Gasteiger partial charge in [0.15, 0.2) is 0 Å². The fraction of sp³-hybridized carbons (Fsp3) is 0.941. The number of carbonyl (C=O) groups excluding carboxylic acids is 1. The Bertz CT molecular complexity index is 754. The standard InChI is InChI=1S/C51H101NO3/c1-3-5-7-9-11-13-15-17-19-21-22-23-24-25-26-27-28-29-31-33-35-37-39-41-43-45-47-51(55)52-49(48-53)50(54)46-44-42-40-38-36-34-32-30-20-18-16-14-12-10-8-6-4-2/h25-26,49-50,53-54H,3-24,27-48H2,1-2H3,(H,52,55)/b26-25-. The van der Waals surface area contributed by atoms with Crippen molar-refractivity contribution in [2.45, 2.75) is 302 Å². The van der Waals surface area contributed by atoms with E-state index in [1.54, 1.807) is 0 Å². The van der Waals surface area contributed by atoms with E-state index in [0.717, 1.165) is 25.7 Å². The molecule has 55 heavy (non-hydrogen) atoms. The van der Waals surface area contributed by atoms with Gasteiger partial charge in [0, 0.05) is 6.42 Å². The van der Waals surface area contributed by atoms with E-state index in [0.29, 0.717) is 12.8 Å². The highest BCUT2D eigenvalue weighted by atomic mass is 16.3. The van der Waals surface area contributed by atoms with Crippen LogP contribution in [0.25, 0.3) is 0 Å². The summed E-state index contributed by atoms with van der Waals surface area (Å²) in [5.74, 6) is -0.0281. The Kier molecular flexibility index (Phi) is 46.8. The van der Waals surface area contributed by atoms with Gasteiger partial charge in [-0.15, -0.1) is 0 Å². The molecule has 0 bridgehead atoms. The van der Waals surface area contributed by atoms with E-state index in [1.165, 1.54) is 238 Å². The molecule has 0 aliphatic carbocycles. The van der Waals surface area contributed by atoms with Crippen molar-refractivity contribution in [1.29, 1.82) is 0 Å². The van der Waals surface area contributed by atoms with Crippen molar-refractivity contribution in [1.82, 2.24) is 5.32 Å². The van der Waals surface area contributed by atoms with Gasteiger partial charge in [-0.3, -0.25) is 4.79 Å². The lowest BCUT2D eigenvalue weighted by Crippen LogP contribution is -2.45. The summed E-state index contributed by atoms with van der Waals surface area (Å²) in [4.78, 5) is 12.4. The molecule has 0 fully saturated rings. The van der Waals surface area contributed by atoms with Gasteiger partial charge >= 0.3 is 0 Å². The number of nitrogens with one attached hydrogen (secondary N) is 1. The number of unbranched alkanes of at least 4 members (excludes halogenated alkanes) is 38. The average molecular weight is 776 g/mol. The zero-order valence-electron chi connectivity index (χ0n) is 37.7. The number of carbonyl (C=O) groups is 1. The number of aliphatic hydroxyl groups excluding tert-OH is 2. The zero-order chi connectivity index (χ0) is 40.0. The minimum absolute atomic E-state index is 0.0281. The summed E-state index contributed by atoms with van der Waals surface area (Å²) in [6, 6.07) is -0.534. The second-order valence-corrected chi connectivity index (χ2v) is 17.6. The first-order chi connectivity index (χ1) is 27.2. The highest BCUT2D eigenvalue weighted by molar-refractivity contribution is 5.76. The third-order valence-electron chi connectivity index (χ3n) is 12.0. The molecule has 2 unspecified atom stereocenters. The third kappa shape index (κ3) is 44.1. The van der Waals surface area contributed by atoms with Gasteiger partial charge in [-0.25, -0.2) is 0 Å². The van der Waals surface area contributed by atoms with E-state index in [-0.39, 0.29) is 12.5 Å². The molecule has 0 aromatic rings. The van der Waals surface area contributed by atoms with Crippen LogP contribution >= 0.6 is 0 Å². The third-order valence-corrected chi connectivity index (χ3v) is 12.0. The monoisotopic (exact) mass is 776 g/mol. The van der Waals surface area contributed by atoms with Crippen LogP contribution in [0.15, 0.2) is 12.2 Å². The number of hydrogen-bond donors (Lipinski definition) is 3. The molecule has 0 rings (SSSR count). The highest BCUT2D eigenvalue weighted by Gasteiger charge is 2.20. The maximum Gasteiger partial charge on any atom is 0.220 e. The van der Waals surface area contributed by atoms with Crippen LogP contribution in [-0.4, -0.2) is 34.9 Å². The molecule has 0 aromatic heterocycles. The molecule has 4 nitrogen and oxygen atoms in total. The molecule has 3 N–H and O–H groups in total. The summed E-state index contributed by atoms with van der Waals surface area (Å²) in [5, 5.41) is 23.3. The van der Waals surface area contributed by atoms with Crippen LogP contribution in [0.2, 0.25) is 0 Å². The number of allylic oxidation sites excluding steroid dienone is 2. The number of rotatable bonds is 47. The second kappa shape index (κ2) is 47.5. The van der Waals surface area contributed by atoms with Gasteiger partial charge in [0.05, 0.1) is 18.8 Å². The van der Waals surface area contributed by atoms with E-state index in [2.05, 4.69) is 31.3 Å². The van der Waals surface area contributed by atoms with Gasteiger partial charge in [-0.1, -0.05) is 257 Å². The summed E-state index contributed by atoms with van der Waals surface area (Å²) in [7, 11) is 0. The lowest BCUT2D eigenvalue weighted by atomic mass is 10.0. The Hall–Kier alpha value is -0.870. The van der Waals surface area contributed by atoms with Crippen LogP contribution < -0.4 is 5.32 Å². The van der Waals surface area contributed by atoms with Gasteiger partial charge in [0.1, 0.15) is 0 Å². The van der Waals surface area contributed by atoms with Crippen molar-refractivity contribution in [2.24, 2.45) is 0 Å². The van der Waals surface area contributed by atoms with Crippen molar-refractivity contribution in [3.05, 3.63) is 12.2 Å². The summed E-state index contributed by atoms with van der Waals surface area (Å²) in [6.07, 6.45) is 60.3. The molecule has 0 saturated heterocycles. The van der Waals surface area contributed by atoms with Gasteiger partial charge in [-0.05, 0) is 38.5 Å². The molecule has 0 aliphatic rings. The summed E-state index contributed by atoms with van der Waals surface area (Å²) in [6.45, 7) is 4.39. The van der Waals surface area contributed by atoms with E-state index >= 15 is 0 Å². The smallest absolute Gasteiger partial charge is 0.220 e. The van der Waals surface area contributed by atoms with E-state index in [9.17, 15) is 15.0 Å². The molecule has 1 amide bonds. The van der Waals surface area contributed by atoms with Crippen molar-refractivity contribution >= 4 is 5.91 Å². The Morgan fingerprint density at radius 1 is 0.418 bits per heavy atom. The van der Waals surface area contributed by atoms with Crippen molar-refractivity contribution < 1.29 is 15.0 Å². The molecule has 0 aliphatic heterocycles. The largest absolute Gasteiger partial charge is 0.394 e. The molecule has 328 valence electrons. The first-order valence-corrected chi connectivity index (χ1v) is 25.4. The lowest BCUT2D eigenvalue weighted by molar-refractivity contribution is -0.123. The molecular formula is C51H101NO3. The van der Waals surface area contributed by atoms with E-state index in [1.807, 2.05) is 0 Å². The molecule has 0 radical (unpaired) electrons. The summed E-state index contributed by atoms with van der Waals surface area (Å²) >= 11 is 0. The quantitative estimate of drug-likeness (QED) is 0.0426. The second-order valence-electron chi connectivity index (χ2n) is 17.6. The normalized spacial score (nSPS) is 12.9. The van der Waals surface area contributed by atoms with Crippen molar-refractivity contribution in [3.63, 3.8) is 0 Å². The fourth-order valence-electron chi connectivity index (χ4n) is 8.12. The SMILES string of the molecule is CCCCCCCCCCCCCC/C=C\CCCCCCCCCCCCC(=O)NC(CO)C(O)CCCCCCCCCCCCCCCCCCC. The number of hydrogen-bond acceptors (Lipinski definition) is 3. The Balaban J connectivity index is 3.45. The molecule has 0 aromatic carbocycles. The van der Waals surface area contributed by atoms with Gasteiger partial charge in [-0.2, -0.15) is 0 Å². The molecule has 0 heterocycles. The zero-order valence-corrected chi connectivity index (χ0v) is 37.7. The minimum atomic E-state index is -0.657. The Morgan fingerprint density at radius 3 is 1.00 bits per heavy atom. The molecular weight excluding hydrogens is 675 g/mol. The summed E-state index contributed by atoms with van der Waals surface area (Å²) in [5.41, 5.74) is 0. The lowest BCUT2D eigenvalue weighted by Gasteiger charge is -2.22. The van der Waals surface area contributed by atoms with Crippen LogP contribution in [-0.2, 0) is 4.79 Å². The van der Waals surface area contributed by atoms with E-state index < -0.39 is 12.1 Å². The van der Waals surface area contributed by atoms with Gasteiger partial charge in [0.25, 0.3) is 0 Å². The van der Waals surface area contributed by atoms with Crippen LogP contribution in [0.5, 0.6) is 0 Å². The fourth-order valence-corrected chi connectivity index (χ4v) is 8.12. The summed E-state index contributed by atoms with van der Waals surface area (Å²) < 4.78 is 0. The average Bonchev–Trinajstić information content (AvgIpc) is 3.19. The maximum atomic E-state index is 12.4. The number of amides is 1. The molecule has 0 spiro atoms. The maximum absolute atomic E-state index is 12.4. The van der Waals surface area contributed by atoms with Crippen LogP contribution in [0, 0.1) is 0 Å². The first kappa shape index (κ1) is 54.1. The highest BCUT2D eigenvalue weighted by Crippen LogP contribution is 2.17. The Morgan fingerprint density at radius 2 is 0.691 bits per heavy atom. The predicted molar refractivity (Wildman–Crippen MR) is 244 cm³/mol. The van der Waals surface area contributed by atoms with Crippen molar-refractivity contribution in [2.75, 3.05) is 6.61 Å². The molecule has 2 atom stereocenters. The van der Waals surface area contributed by atoms with Crippen LogP contribution in [0.4, 0.5) is 0 Å². The topological polar surface area (TPSA) is 69.6 Å². The van der Waals surface area contributed by atoms with Crippen LogP contribution in [0.3, 0.4) is 0 Å². The predicted octanol–water partition coefficient (Wildman–Crippen LogP) is 16.2. The van der Waals surface area contributed by atoms with Gasteiger partial charge < -0.3 is 15.5 Å². The molecule has 4 heteroatoms.